The van der Waals surface area contributed by atoms with Gasteiger partial charge < -0.3 is 24.7 Å². The van der Waals surface area contributed by atoms with Crippen molar-refractivity contribution in [1.82, 2.24) is 19.2 Å². The number of aromatic nitrogens is 3. The molecule has 1 aliphatic rings. The molecular weight excluding hydrogens is 547 g/mol. The van der Waals surface area contributed by atoms with E-state index in [1.165, 1.54) is 11.5 Å². The number of fused-ring (bicyclic) bond motifs is 2. The van der Waals surface area contributed by atoms with E-state index in [9.17, 15) is 22.8 Å². The summed E-state index contributed by atoms with van der Waals surface area (Å²) in [6, 6.07) is 10.4. The Bertz CT molecular complexity index is 1520. The van der Waals surface area contributed by atoms with Crippen molar-refractivity contribution in [3.05, 3.63) is 77.2 Å². The van der Waals surface area contributed by atoms with Crippen molar-refractivity contribution in [2.45, 2.75) is 31.6 Å². The van der Waals surface area contributed by atoms with E-state index >= 15 is 0 Å². The van der Waals surface area contributed by atoms with Crippen LogP contribution in [-0.2, 0) is 20.9 Å². The van der Waals surface area contributed by atoms with Gasteiger partial charge in [-0.05, 0) is 48.3 Å². The van der Waals surface area contributed by atoms with E-state index in [1.807, 2.05) is 41.3 Å². The summed E-state index contributed by atoms with van der Waals surface area (Å²) in [5, 5.41) is 3.97. The number of alkyl halides is 3. The van der Waals surface area contributed by atoms with Gasteiger partial charge in [0, 0.05) is 66.0 Å². The topological polar surface area (TPSA) is 109 Å². The number of esters is 2. The molecule has 2 N–H and O–H groups in total. The molecule has 0 saturated carbocycles. The van der Waals surface area contributed by atoms with Gasteiger partial charge in [0.25, 0.3) is 0 Å². The second kappa shape index (κ2) is 11.8. The number of benzene rings is 1. The summed E-state index contributed by atoms with van der Waals surface area (Å²) in [6.45, 7) is 1.54. The number of aromatic amines is 1. The van der Waals surface area contributed by atoms with Gasteiger partial charge in [-0.25, -0.2) is 14.2 Å². The zero-order valence-electron chi connectivity index (χ0n) is 21.0. The predicted molar refractivity (Wildman–Crippen MR) is 142 cm³/mol. The summed E-state index contributed by atoms with van der Waals surface area (Å²) in [5.41, 5.74) is 2.31. The SMILES string of the molecule is O=C(CC(c1c[nH]c2cc(OCCCNc3ccccn3)ccc12)N1C=Cc2sncc2C1)OC(=O)C(F)(F)F. The summed E-state index contributed by atoms with van der Waals surface area (Å²) in [4.78, 5) is 33.9. The van der Waals surface area contributed by atoms with Crippen LogP contribution < -0.4 is 10.1 Å². The number of anilines is 1. The molecule has 3 aromatic heterocycles. The van der Waals surface area contributed by atoms with Crippen molar-refractivity contribution in [3.63, 3.8) is 0 Å². The molecule has 0 bridgehead atoms. The van der Waals surface area contributed by atoms with Crippen LogP contribution in [0.1, 0.15) is 34.9 Å². The minimum Gasteiger partial charge on any atom is -0.493 e. The van der Waals surface area contributed by atoms with Gasteiger partial charge in [-0.2, -0.15) is 13.2 Å². The van der Waals surface area contributed by atoms with Gasteiger partial charge in [-0.1, -0.05) is 6.07 Å². The summed E-state index contributed by atoms with van der Waals surface area (Å²) in [7, 11) is 0. The van der Waals surface area contributed by atoms with Crippen molar-refractivity contribution in [1.29, 1.82) is 0 Å². The molecule has 0 fully saturated rings. The molecule has 1 atom stereocenters. The first-order valence-corrected chi connectivity index (χ1v) is 13.1. The van der Waals surface area contributed by atoms with E-state index in [4.69, 9.17) is 4.74 Å². The fourth-order valence-electron chi connectivity index (χ4n) is 4.36. The van der Waals surface area contributed by atoms with Gasteiger partial charge in [-0.3, -0.25) is 4.79 Å². The van der Waals surface area contributed by atoms with Crippen LogP contribution in [-0.4, -0.2) is 50.5 Å². The number of carbonyl (C=O) groups is 2. The number of rotatable bonds is 10. The Morgan fingerprint density at radius 3 is 2.90 bits per heavy atom. The molecular formula is C27H24F3N5O4S. The van der Waals surface area contributed by atoms with Gasteiger partial charge in [0.15, 0.2) is 0 Å². The van der Waals surface area contributed by atoms with E-state index in [0.29, 0.717) is 31.0 Å². The third kappa shape index (κ3) is 6.42. The van der Waals surface area contributed by atoms with Crippen molar-refractivity contribution >= 4 is 46.3 Å². The highest BCUT2D eigenvalue weighted by Crippen LogP contribution is 2.36. The number of hydrogen-bond acceptors (Lipinski definition) is 9. The molecule has 1 aromatic carbocycles. The van der Waals surface area contributed by atoms with Gasteiger partial charge in [0.2, 0.25) is 0 Å². The lowest BCUT2D eigenvalue weighted by Crippen LogP contribution is -2.31. The highest BCUT2D eigenvalue weighted by molar-refractivity contribution is 7.06. The zero-order chi connectivity index (χ0) is 28.1. The van der Waals surface area contributed by atoms with Gasteiger partial charge in [0.1, 0.15) is 11.6 Å². The summed E-state index contributed by atoms with van der Waals surface area (Å²) < 4.78 is 52.2. The van der Waals surface area contributed by atoms with Crippen LogP contribution in [0.4, 0.5) is 19.0 Å². The minimum absolute atomic E-state index is 0.383. The fourth-order valence-corrected chi connectivity index (χ4v) is 5.01. The molecule has 0 radical (unpaired) electrons. The maximum Gasteiger partial charge on any atom is 0.491 e. The first kappa shape index (κ1) is 27.2. The number of nitrogens with zero attached hydrogens (tertiary/aromatic N) is 3. The normalized spacial score (nSPS) is 13.6. The number of ether oxygens (including phenoxy) is 2. The van der Waals surface area contributed by atoms with E-state index in [-0.39, 0.29) is 0 Å². The molecule has 40 heavy (non-hydrogen) atoms. The predicted octanol–water partition coefficient (Wildman–Crippen LogP) is 5.45. The van der Waals surface area contributed by atoms with E-state index in [0.717, 1.165) is 33.6 Å². The van der Waals surface area contributed by atoms with Crippen LogP contribution in [0.2, 0.25) is 0 Å². The smallest absolute Gasteiger partial charge is 0.491 e. The zero-order valence-corrected chi connectivity index (χ0v) is 21.8. The molecule has 9 nitrogen and oxygen atoms in total. The molecule has 13 heteroatoms. The highest BCUT2D eigenvalue weighted by Gasteiger charge is 2.43. The number of hydrogen-bond donors (Lipinski definition) is 2. The Hall–Kier alpha value is -4.39. The first-order chi connectivity index (χ1) is 19.3. The standard InChI is InChI=1S/C27H24F3N5O4S/c28-27(29,30)26(37)39-25(36)13-22(35-10-7-23-17(16-35)14-34-40-23)20-15-33-21-12-18(5-6-19(20)21)38-11-3-9-32-24-4-1-2-8-31-24/h1-2,4-8,10,12,14-15,22,33H,3,9,11,13,16H2,(H,31,32). The number of halogens is 3. The second-order valence-electron chi connectivity index (χ2n) is 8.98. The number of nitrogens with one attached hydrogen (secondary N) is 2. The average molecular weight is 572 g/mol. The van der Waals surface area contributed by atoms with Crippen LogP contribution in [0.3, 0.4) is 0 Å². The molecule has 0 saturated heterocycles. The van der Waals surface area contributed by atoms with Crippen LogP contribution in [0.15, 0.2) is 61.2 Å². The van der Waals surface area contributed by atoms with Crippen LogP contribution in [0.5, 0.6) is 5.75 Å². The largest absolute Gasteiger partial charge is 0.493 e. The molecule has 1 aliphatic heterocycles. The quantitative estimate of drug-likeness (QED) is 0.147. The number of carbonyl (C=O) groups excluding carboxylic acids is 2. The molecule has 208 valence electrons. The van der Waals surface area contributed by atoms with Crippen molar-refractivity contribution in [2.75, 3.05) is 18.5 Å². The van der Waals surface area contributed by atoms with Crippen LogP contribution in [0.25, 0.3) is 17.0 Å². The molecule has 0 aliphatic carbocycles. The Balaban J connectivity index is 1.29. The van der Waals surface area contributed by atoms with E-state index in [1.54, 1.807) is 30.9 Å². The van der Waals surface area contributed by atoms with Gasteiger partial charge >= 0.3 is 18.1 Å². The molecule has 5 rings (SSSR count). The average Bonchev–Trinajstić information content (AvgIpc) is 3.58. The first-order valence-electron chi connectivity index (χ1n) is 12.4. The van der Waals surface area contributed by atoms with Crippen LogP contribution in [0, 0.1) is 0 Å². The number of H-pyrrole nitrogens is 1. The van der Waals surface area contributed by atoms with Crippen molar-refractivity contribution in [2.24, 2.45) is 0 Å². The van der Waals surface area contributed by atoms with Crippen LogP contribution >= 0.6 is 11.5 Å². The van der Waals surface area contributed by atoms with Crippen molar-refractivity contribution < 1.29 is 32.2 Å². The molecule has 1 unspecified atom stereocenters. The Morgan fingerprint density at radius 2 is 2.10 bits per heavy atom. The molecule has 0 spiro atoms. The Labute approximate surface area is 230 Å². The van der Waals surface area contributed by atoms with E-state index < -0.39 is 30.6 Å². The molecule has 4 aromatic rings. The summed E-state index contributed by atoms with van der Waals surface area (Å²) >= 11 is 1.32. The molecule has 0 amide bonds. The molecule has 4 heterocycles. The lowest BCUT2D eigenvalue weighted by molar-refractivity contribution is -0.202. The lowest BCUT2D eigenvalue weighted by Gasteiger charge is -2.32. The van der Waals surface area contributed by atoms with Gasteiger partial charge in [-0.15, -0.1) is 0 Å². The third-order valence-electron chi connectivity index (χ3n) is 6.25. The second-order valence-corrected chi connectivity index (χ2v) is 9.81. The summed E-state index contributed by atoms with van der Waals surface area (Å²) in [6.07, 6.45) is 3.72. The fraction of sp³-hybridized carbons (Fsp3) is 0.259. The third-order valence-corrected chi connectivity index (χ3v) is 7.06. The monoisotopic (exact) mass is 571 g/mol. The maximum atomic E-state index is 12.7. The Kier molecular flexibility index (Phi) is 8.01. The van der Waals surface area contributed by atoms with Gasteiger partial charge in [0.05, 0.1) is 23.9 Å². The lowest BCUT2D eigenvalue weighted by atomic mass is 9.99. The summed E-state index contributed by atoms with van der Waals surface area (Å²) in [5.74, 6) is -2.38. The number of pyridine rings is 1. The highest BCUT2D eigenvalue weighted by atomic mass is 32.1. The minimum atomic E-state index is -5.26. The maximum absolute atomic E-state index is 12.7. The van der Waals surface area contributed by atoms with E-state index in [2.05, 4.69) is 24.4 Å². The van der Waals surface area contributed by atoms with Crippen molar-refractivity contribution in [3.8, 4) is 5.75 Å². The Morgan fingerprint density at radius 1 is 1.23 bits per heavy atom.